The van der Waals surface area contributed by atoms with Gasteiger partial charge in [-0.1, -0.05) is 0 Å². The molecule has 1 aliphatic rings. The molecule has 7 heteroatoms. The Morgan fingerprint density at radius 3 is 2.67 bits per heavy atom. The summed E-state index contributed by atoms with van der Waals surface area (Å²) in [4.78, 5) is 35.7. The zero-order chi connectivity index (χ0) is 13.1. The molecule has 0 saturated carbocycles. The van der Waals surface area contributed by atoms with Crippen LogP contribution in [0.25, 0.3) is 0 Å². The lowest BCUT2D eigenvalue weighted by atomic mass is 9.98. The van der Waals surface area contributed by atoms with Gasteiger partial charge in [0.15, 0.2) is 0 Å². The van der Waals surface area contributed by atoms with E-state index >= 15 is 0 Å². The van der Waals surface area contributed by atoms with Crippen LogP contribution >= 0.6 is 0 Å². The Bertz CT molecular complexity index is 554. The van der Waals surface area contributed by atoms with Crippen molar-refractivity contribution in [2.45, 2.75) is 19.4 Å². The number of nitrogens with zero attached hydrogens (tertiary/aromatic N) is 1. The van der Waals surface area contributed by atoms with E-state index in [0.29, 0.717) is 12.5 Å². The molecule has 1 aliphatic heterocycles. The van der Waals surface area contributed by atoms with E-state index in [1.165, 1.54) is 4.57 Å². The van der Waals surface area contributed by atoms with Crippen LogP contribution in [0.15, 0.2) is 15.8 Å². The molecule has 3 N–H and O–H groups in total. The smallest absolute Gasteiger partial charge is 0.342 e. The monoisotopic (exact) mass is 253 g/mol. The van der Waals surface area contributed by atoms with Crippen molar-refractivity contribution < 1.29 is 9.90 Å². The maximum Gasteiger partial charge on any atom is 0.342 e. The molecule has 2 rings (SSSR count). The molecule has 1 aromatic heterocycles. The van der Waals surface area contributed by atoms with Gasteiger partial charge in [-0.25, -0.2) is 9.59 Å². The van der Waals surface area contributed by atoms with Gasteiger partial charge in [0.1, 0.15) is 5.56 Å². The predicted molar refractivity (Wildman–Crippen MR) is 63.9 cm³/mol. The summed E-state index contributed by atoms with van der Waals surface area (Å²) >= 11 is 0. The van der Waals surface area contributed by atoms with Crippen molar-refractivity contribution in [1.29, 1.82) is 0 Å². The molecule has 7 nitrogen and oxygen atoms in total. The second kappa shape index (κ2) is 5.18. The van der Waals surface area contributed by atoms with Crippen LogP contribution in [0.3, 0.4) is 0 Å². The zero-order valence-corrected chi connectivity index (χ0v) is 9.81. The minimum atomic E-state index is -1.32. The van der Waals surface area contributed by atoms with Crippen molar-refractivity contribution in [3.05, 3.63) is 32.6 Å². The molecule has 0 bridgehead atoms. The van der Waals surface area contributed by atoms with E-state index in [-0.39, 0.29) is 0 Å². The first-order valence-electron chi connectivity index (χ1n) is 5.85. The van der Waals surface area contributed by atoms with Crippen LogP contribution in [-0.2, 0) is 6.54 Å². The first-order valence-corrected chi connectivity index (χ1v) is 5.85. The van der Waals surface area contributed by atoms with Crippen LogP contribution < -0.4 is 16.6 Å². The molecule has 2 heterocycles. The van der Waals surface area contributed by atoms with Gasteiger partial charge in [-0.3, -0.25) is 14.3 Å². The standard InChI is InChI=1S/C11H15N3O4/c15-9-8(10(16)17)6-14(11(18)13-9)5-7-1-3-12-4-2-7/h6-7,12H,1-5H2,(H,16,17)(H,13,15,18). The lowest BCUT2D eigenvalue weighted by molar-refractivity contribution is 0.0693. The molecule has 98 valence electrons. The number of nitrogens with one attached hydrogen (secondary N) is 2. The van der Waals surface area contributed by atoms with E-state index in [1.807, 2.05) is 4.98 Å². The van der Waals surface area contributed by atoms with Crippen molar-refractivity contribution in [2.75, 3.05) is 13.1 Å². The first kappa shape index (κ1) is 12.6. The van der Waals surface area contributed by atoms with Gasteiger partial charge in [0.05, 0.1) is 0 Å². The number of carboxylic acid groups (broad SMARTS) is 1. The minimum Gasteiger partial charge on any atom is -0.477 e. The molecule has 0 atom stereocenters. The Morgan fingerprint density at radius 2 is 2.06 bits per heavy atom. The maximum atomic E-state index is 11.6. The number of aromatic nitrogens is 2. The zero-order valence-electron chi connectivity index (χ0n) is 9.81. The molecular formula is C11H15N3O4. The van der Waals surface area contributed by atoms with Crippen LogP contribution in [-0.4, -0.2) is 33.7 Å². The van der Waals surface area contributed by atoms with Crippen LogP contribution in [0, 0.1) is 5.92 Å². The fourth-order valence-electron chi connectivity index (χ4n) is 2.14. The van der Waals surface area contributed by atoms with E-state index in [9.17, 15) is 14.4 Å². The van der Waals surface area contributed by atoms with Crippen molar-refractivity contribution in [1.82, 2.24) is 14.9 Å². The summed E-state index contributed by atoms with van der Waals surface area (Å²) in [5.41, 5.74) is -1.80. The Kier molecular flexibility index (Phi) is 3.61. The number of aromatic carboxylic acids is 1. The number of rotatable bonds is 3. The third kappa shape index (κ3) is 2.67. The topological polar surface area (TPSA) is 104 Å². The van der Waals surface area contributed by atoms with Crippen LogP contribution in [0.5, 0.6) is 0 Å². The molecule has 1 saturated heterocycles. The van der Waals surface area contributed by atoms with Crippen LogP contribution in [0.1, 0.15) is 23.2 Å². The number of aromatic amines is 1. The largest absolute Gasteiger partial charge is 0.477 e. The molecule has 0 amide bonds. The number of hydrogen-bond donors (Lipinski definition) is 3. The summed E-state index contributed by atoms with van der Waals surface area (Å²) < 4.78 is 1.28. The van der Waals surface area contributed by atoms with Gasteiger partial charge in [0.25, 0.3) is 5.56 Å². The maximum absolute atomic E-state index is 11.6. The van der Waals surface area contributed by atoms with Crippen LogP contribution in [0.2, 0.25) is 0 Å². The molecular weight excluding hydrogens is 238 g/mol. The van der Waals surface area contributed by atoms with E-state index in [2.05, 4.69) is 5.32 Å². The van der Waals surface area contributed by atoms with Gasteiger partial charge in [0.2, 0.25) is 0 Å². The summed E-state index contributed by atoms with van der Waals surface area (Å²) in [6.45, 7) is 2.24. The predicted octanol–water partition coefficient (Wildman–Crippen LogP) is -0.766. The van der Waals surface area contributed by atoms with Gasteiger partial charge in [-0.05, 0) is 31.8 Å². The van der Waals surface area contributed by atoms with E-state index in [4.69, 9.17) is 5.11 Å². The number of carbonyl (C=O) groups is 1. The Hall–Kier alpha value is -1.89. The second-order valence-electron chi connectivity index (χ2n) is 4.45. The highest BCUT2D eigenvalue weighted by atomic mass is 16.4. The third-order valence-corrected chi connectivity index (χ3v) is 3.15. The average molecular weight is 253 g/mol. The summed E-state index contributed by atoms with van der Waals surface area (Å²) in [6.07, 6.45) is 3.01. The van der Waals surface area contributed by atoms with Gasteiger partial charge < -0.3 is 10.4 Å². The summed E-state index contributed by atoms with van der Waals surface area (Å²) in [6, 6.07) is 0. The molecule has 1 fully saturated rings. The SMILES string of the molecule is O=C(O)c1cn(CC2CCNCC2)c(=O)[nH]c1=O. The Labute approximate surface area is 102 Å². The number of hydrogen-bond acceptors (Lipinski definition) is 4. The van der Waals surface area contributed by atoms with Crippen LogP contribution in [0.4, 0.5) is 0 Å². The van der Waals surface area contributed by atoms with E-state index in [0.717, 1.165) is 32.1 Å². The lowest BCUT2D eigenvalue weighted by Gasteiger charge is -2.23. The van der Waals surface area contributed by atoms with Gasteiger partial charge in [0, 0.05) is 12.7 Å². The van der Waals surface area contributed by atoms with Gasteiger partial charge >= 0.3 is 11.7 Å². The van der Waals surface area contributed by atoms with Gasteiger partial charge in [-0.2, -0.15) is 0 Å². The van der Waals surface area contributed by atoms with Crippen molar-refractivity contribution in [2.24, 2.45) is 5.92 Å². The highest BCUT2D eigenvalue weighted by Gasteiger charge is 2.16. The normalized spacial score (nSPS) is 16.7. The quantitative estimate of drug-likeness (QED) is 0.656. The number of H-pyrrole nitrogens is 1. The fourth-order valence-corrected chi connectivity index (χ4v) is 2.14. The molecule has 0 aromatic carbocycles. The van der Waals surface area contributed by atoms with Gasteiger partial charge in [-0.15, -0.1) is 0 Å². The second-order valence-corrected chi connectivity index (χ2v) is 4.45. The highest BCUT2D eigenvalue weighted by molar-refractivity contribution is 5.86. The third-order valence-electron chi connectivity index (χ3n) is 3.15. The Morgan fingerprint density at radius 1 is 1.39 bits per heavy atom. The molecule has 0 spiro atoms. The molecule has 0 radical (unpaired) electrons. The molecule has 1 aromatic rings. The fraction of sp³-hybridized carbons (Fsp3) is 0.545. The molecule has 0 unspecified atom stereocenters. The summed E-state index contributed by atoms with van der Waals surface area (Å²) in [5.74, 6) is -0.994. The Balaban J connectivity index is 2.26. The lowest BCUT2D eigenvalue weighted by Crippen LogP contribution is -2.37. The van der Waals surface area contributed by atoms with Crippen molar-refractivity contribution in [3.8, 4) is 0 Å². The van der Waals surface area contributed by atoms with Crippen molar-refractivity contribution >= 4 is 5.97 Å². The van der Waals surface area contributed by atoms with E-state index < -0.39 is 22.8 Å². The van der Waals surface area contributed by atoms with Crippen molar-refractivity contribution in [3.63, 3.8) is 0 Å². The molecule has 0 aliphatic carbocycles. The summed E-state index contributed by atoms with van der Waals surface area (Å²) in [5, 5.41) is 12.1. The average Bonchev–Trinajstić information content (AvgIpc) is 2.33. The number of piperidine rings is 1. The van der Waals surface area contributed by atoms with E-state index in [1.54, 1.807) is 0 Å². The number of carboxylic acids is 1. The minimum absolute atomic E-state index is 0.330. The highest BCUT2D eigenvalue weighted by Crippen LogP contribution is 2.12. The summed E-state index contributed by atoms with van der Waals surface area (Å²) in [7, 11) is 0. The first-order chi connectivity index (χ1) is 8.58. The molecule has 18 heavy (non-hydrogen) atoms.